The number of carbonyl (C=O) groups is 1. The molecule has 1 aromatic heterocycles. The van der Waals surface area contributed by atoms with E-state index in [2.05, 4.69) is 22.6 Å². The third kappa shape index (κ3) is 1.57. The molecule has 1 heterocycles. The van der Waals surface area contributed by atoms with Gasteiger partial charge in [0, 0.05) is 14.0 Å². The highest BCUT2D eigenvalue weighted by Gasteiger charge is 2.09. The Labute approximate surface area is 97.7 Å². The second-order valence-electron chi connectivity index (χ2n) is 2.83. The van der Waals surface area contributed by atoms with E-state index in [1.807, 2.05) is 12.1 Å². The zero-order chi connectivity index (χ0) is 10.3. The normalized spacial score (nSPS) is 10.6. The molecule has 0 spiro atoms. The zero-order valence-corrected chi connectivity index (χ0v) is 9.93. The number of carboxylic acid groups (broad SMARTS) is 1. The van der Waals surface area contributed by atoms with Crippen LogP contribution in [0, 0.1) is 3.57 Å². The van der Waals surface area contributed by atoms with Crippen LogP contribution in [0.2, 0.25) is 0 Å². The van der Waals surface area contributed by atoms with Gasteiger partial charge in [-0.3, -0.25) is 0 Å². The van der Waals surface area contributed by atoms with Gasteiger partial charge in [-0.05, 0) is 46.2 Å². The smallest absolute Gasteiger partial charge is 0.345 e. The average molecular weight is 319 g/mol. The van der Waals surface area contributed by atoms with Crippen molar-refractivity contribution in [3.63, 3.8) is 0 Å². The number of hydrogen-bond donors (Lipinski definition) is 2. The van der Waals surface area contributed by atoms with Crippen molar-refractivity contribution in [2.24, 2.45) is 0 Å². The number of anilines is 1. The van der Waals surface area contributed by atoms with E-state index < -0.39 is 5.97 Å². The van der Waals surface area contributed by atoms with E-state index in [0.717, 1.165) is 13.7 Å². The lowest BCUT2D eigenvalue weighted by molar-refractivity contribution is 0.0702. The maximum Gasteiger partial charge on any atom is 0.345 e. The third-order valence-electron chi connectivity index (χ3n) is 1.85. The van der Waals surface area contributed by atoms with Gasteiger partial charge in [0.15, 0.2) is 0 Å². The molecule has 0 aliphatic heterocycles. The number of carboxylic acids is 1. The summed E-state index contributed by atoms with van der Waals surface area (Å²) in [5, 5.41) is 9.74. The monoisotopic (exact) mass is 319 g/mol. The fourth-order valence-corrected chi connectivity index (χ4v) is 2.60. The van der Waals surface area contributed by atoms with Gasteiger partial charge in [-0.2, -0.15) is 0 Å². The summed E-state index contributed by atoms with van der Waals surface area (Å²) in [7, 11) is 0. The molecule has 0 saturated carbocycles. The van der Waals surface area contributed by atoms with Gasteiger partial charge in [-0.1, -0.05) is 0 Å². The molecule has 0 radical (unpaired) electrons. The van der Waals surface area contributed by atoms with Crippen LogP contribution in [0.4, 0.5) is 5.69 Å². The van der Waals surface area contributed by atoms with Crippen LogP contribution in [0.25, 0.3) is 10.1 Å². The summed E-state index contributed by atoms with van der Waals surface area (Å²) in [4.78, 5) is 11.1. The maximum absolute atomic E-state index is 10.7. The van der Waals surface area contributed by atoms with Crippen LogP contribution in [-0.4, -0.2) is 11.1 Å². The minimum absolute atomic E-state index is 0.349. The van der Waals surface area contributed by atoms with Gasteiger partial charge in [-0.15, -0.1) is 11.3 Å². The summed E-state index contributed by atoms with van der Waals surface area (Å²) in [6.45, 7) is 0. The summed E-state index contributed by atoms with van der Waals surface area (Å²) in [5.74, 6) is -0.889. The van der Waals surface area contributed by atoms with Crippen LogP contribution in [0.1, 0.15) is 9.67 Å². The molecular formula is C9H6INO2S. The average Bonchev–Trinajstić information content (AvgIpc) is 2.48. The summed E-state index contributed by atoms with van der Waals surface area (Å²) in [5.41, 5.74) is 6.41. The predicted molar refractivity (Wildman–Crippen MR) is 65.9 cm³/mol. The Morgan fingerprint density at radius 2 is 2.14 bits per heavy atom. The van der Waals surface area contributed by atoms with Crippen LogP contribution in [-0.2, 0) is 0 Å². The molecule has 0 atom stereocenters. The molecule has 0 bridgehead atoms. The first-order valence-corrected chi connectivity index (χ1v) is 5.69. The van der Waals surface area contributed by atoms with Crippen molar-refractivity contribution < 1.29 is 9.90 Å². The second kappa shape index (κ2) is 3.39. The molecule has 14 heavy (non-hydrogen) atoms. The molecule has 0 amide bonds. The molecule has 2 rings (SSSR count). The third-order valence-corrected chi connectivity index (χ3v) is 3.87. The summed E-state index contributed by atoms with van der Waals surface area (Å²) >= 11 is 3.38. The van der Waals surface area contributed by atoms with E-state index in [0.29, 0.717) is 10.6 Å². The molecule has 0 saturated heterocycles. The molecular weight excluding hydrogens is 313 g/mol. The molecule has 0 aliphatic carbocycles. The Balaban J connectivity index is 2.72. The Hall–Kier alpha value is -0.820. The van der Waals surface area contributed by atoms with Crippen molar-refractivity contribution in [1.82, 2.24) is 0 Å². The minimum atomic E-state index is -0.889. The molecule has 0 fully saturated rings. The number of nitrogens with two attached hydrogens (primary N) is 1. The topological polar surface area (TPSA) is 63.3 Å². The van der Waals surface area contributed by atoms with Crippen LogP contribution >= 0.6 is 33.9 Å². The highest BCUT2D eigenvalue weighted by Crippen LogP contribution is 2.30. The van der Waals surface area contributed by atoms with Crippen molar-refractivity contribution in [3.05, 3.63) is 26.6 Å². The lowest BCUT2D eigenvalue weighted by Crippen LogP contribution is -1.89. The lowest BCUT2D eigenvalue weighted by Gasteiger charge is -1.96. The van der Waals surface area contributed by atoms with Gasteiger partial charge in [0.1, 0.15) is 4.88 Å². The van der Waals surface area contributed by atoms with Gasteiger partial charge in [0.05, 0.1) is 0 Å². The van der Waals surface area contributed by atoms with Crippen molar-refractivity contribution in [2.75, 3.05) is 5.73 Å². The first-order chi connectivity index (χ1) is 6.58. The van der Waals surface area contributed by atoms with E-state index in [-0.39, 0.29) is 0 Å². The SMILES string of the molecule is Nc1cc2sc(C(=O)O)cc2cc1I. The molecule has 0 aliphatic rings. The largest absolute Gasteiger partial charge is 0.477 e. The minimum Gasteiger partial charge on any atom is -0.477 e. The zero-order valence-electron chi connectivity index (χ0n) is 6.95. The van der Waals surface area contributed by atoms with Crippen molar-refractivity contribution >= 4 is 55.7 Å². The number of nitrogen functional groups attached to an aromatic ring is 1. The van der Waals surface area contributed by atoms with Crippen molar-refractivity contribution in [3.8, 4) is 0 Å². The fraction of sp³-hybridized carbons (Fsp3) is 0. The van der Waals surface area contributed by atoms with E-state index in [1.54, 1.807) is 6.07 Å². The van der Waals surface area contributed by atoms with Crippen LogP contribution in [0.3, 0.4) is 0 Å². The number of rotatable bonds is 1. The number of benzene rings is 1. The number of fused-ring (bicyclic) bond motifs is 1. The number of thiophene rings is 1. The number of aromatic carboxylic acids is 1. The molecule has 2 aromatic rings. The Morgan fingerprint density at radius 1 is 1.43 bits per heavy atom. The Kier molecular flexibility index (Phi) is 2.36. The van der Waals surface area contributed by atoms with Gasteiger partial charge >= 0.3 is 5.97 Å². The molecule has 5 heteroatoms. The molecule has 1 aromatic carbocycles. The van der Waals surface area contributed by atoms with E-state index in [4.69, 9.17) is 10.8 Å². The Bertz CT molecular complexity index is 482. The van der Waals surface area contributed by atoms with Gasteiger partial charge in [-0.25, -0.2) is 4.79 Å². The molecule has 72 valence electrons. The maximum atomic E-state index is 10.7. The number of hydrogen-bond acceptors (Lipinski definition) is 3. The second-order valence-corrected chi connectivity index (χ2v) is 5.07. The number of halogens is 1. The van der Waals surface area contributed by atoms with E-state index >= 15 is 0 Å². The van der Waals surface area contributed by atoms with Crippen LogP contribution in [0.5, 0.6) is 0 Å². The van der Waals surface area contributed by atoms with Crippen LogP contribution < -0.4 is 5.73 Å². The highest BCUT2D eigenvalue weighted by molar-refractivity contribution is 14.1. The van der Waals surface area contributed by atoms with E-state index in [1.165, 1.54) is 11.3 Å². The van der Waals surface area contributed by atoms with Crippen molar-refractivity contribution in [2.45, 2.75) is 0 Å². The van der Waals surface area contributed by atoms with E-state index in [9.17, 15) is 4.79 Å². The standard InChI is InChI=1S/C9H6INO2S/c10-5-1-4-2-8(9(12)13)14-7(4)3-6(5)11/h1-3H,11H2,(H,12,13). The molecule has 0 unspecified atom stereocenters. The van der Waals surface area contributed by atoms with Gasteiger partial charge in [0.2, 0.25) is 0 Å². The molecule has 3 N–H and O–H groups in total. The van der Waals surface area contributed by atoms with Gasteiger partial charge < -0.3 is 10.8 Å². The first-order valence-electron chi connectivity index (χ1n) is 3.80. The summed E-state index contributed by atoms with van der Waals surface area (Å²) in [6, 6.07) is 5.38. The quantitative estimate of drug-likeness (QED) is 0.627. The van der Waals surface area contributed by atoms with Crippen LogP contribution in [0.15, 0.2) is 18.2 Å². The fourth-order valence-electron chi connectivity index (χ4n) is 1.18. The summed E-state index contributed by atoms with van der Waals surface area (Å²) in [6.07, 6.45) is 0. The lowest BCUT2D eigenvalue weighted by atomic mass is 10.2. The molecule has 3 nitrogen and oxygen atoms in total. The predicted octanol–water partition coefficient (Wildman–Crippen LogP) is 2.79. The first kappa shape index (κ1) is 9.72. The Morgan fingerprint density at radius 3 is 2.79 bits per heavy atom. The summed E-state index contributed by atoms with van der Waals surface area (Å²) < 4.78 is 1.87. The van der Waals surface area contributed by atoms with Crippen molar-refractivity contribution in [1.29, 1.82) is 0 Å². The van der Waals surface area contributed by atoms with Gasteiger partial charge in [0.25, 0.3) is 0 Å². The highest BCUT2D eigenvalue weighted by atomic mass is 127.